The van der Waals surface area contributed by atoms with E-state index in [1.165, 1.54) is 0 Å². The SMILES string of the molecule is Clc1cncc(Cl)c1-c1cccnc1. The van der Waals surface area contributed by atoms with Crippen LogP contribution in [0.1, 0.15) is 0 Å². The van der Waals surface area contributed by atoms with Gasteiger partial charge in [0.2, 0.25) is 0 Å². The summed E-state index contributed by atoms with van der Waals surface area (Å²) in [6, 6.07) is 3.74. The second kappa shape index (κ2) is 3.95. The van der Waals surface area contributed by atoms with Crippen molar-refractivity contribution in [3.05, 3.63) is 47.0 Å². The van der Waals surface area contributed by atoms with E-state index in [1.807, 2.05) is 12.1 Å². The molecule has 0 bridgehead atoms. The number of aromatic nitrogens is 2. The van der Waals surface area contributed by atoms with Crippen LogP contribution in [0.3, 0.4) is 0 Å². The minimum absolute atomic E-state index is 0.533. The first-order valence-corrected chi connectivity index (χ1v) is 4.74. The van der Waals surface area contributed by atoms with Crippen LogP contribution in [0.4, 0.5) is 0 Å². The van der Waals surface area contributed by atoms with Crippen LogP contribution in [0, 0.1) is 0 Å². The zero-order chi connectivity index (χ0) is 9.97. The summed E-state index contributed by atoms with van der Waals surface area (Å²) in [6.45, 7) is 0. The molecule has 2 rings (SSSR count). The molecule has 70 valence electrons. The average molecular weight is 225 g/mol. The first kappa shape index (κ1) is 9.44. The lowest BCUT2D eigenvalue weighted by molar-refractivity contribution is 1.30. The summed E-state index contributed by atoms with van der Waals surface area (Å²) in [6.07, 6.45) is 6.55. The molecule has 2 aromatic rings. The zero-order valence-electron chi connectivity index (χ0n) is 7.11. The lowest BCUT2D eigenvalue weighted by Crippen LogP contribution is -1.84. The average Bonchev–Trinajstić information content (AvgIpc) is 2.19. The van der Waals surface area contributed by atoms with Gasteiger partial charge in [-0.1, -0.05) is 29.3 Å². The molecular weight excluding hydrogens is 219 g/mol. The van der Waals surface area contributed by atoms with Crippen LogP contribution < -0.4 is 0 Å². The van der Waals surface area contributed by atoms with E-state index in [0.717, 1.165) is 11.1 Å². The van der Waals surface area contributed by atoms with Gasteiger partial charge in [-0.2, -0.15) is 0 Å². The summed E-state index contributed by atoms with van der Waals surface area (Å²) in [5, 5.41) is 1.07. The highest BCUT2D eigenvalue weighted by atomic mass is 35.5. The van der Waals surface area contributed by atoms with E-state index in [1.54, 1.807) is 24.8 Å². The molecule has 0 aromatic carbocycles. The number of rotatable bonds is 1. The van der Waals surface area contributed by atoms with Gasteiger partial charge in [0.15, 0.2) is 0 Å². The Bertz CT molecular complexity index is 423. The highest BCUT2D eigenvalue weighted by Crippen LogP contribution is 2.32. The molecule has 0 spiro atoms. The molecule has 0 atom stereocenters. The minimum Gasteiger partial charge on any atom is -0.264 e. The normalized spacial score (nSPS) is 10.1. The molecule has 14 heavy (non-hydrogen) atoms. The number of hydrogen-bond acceptors (Lipinski definition) is 2. The highest BCUT2D eigenvalue weighted by molar-refractivity contribution is 6.38. The van der Waals surface area contributed by atoms with Crippen LogP contribution in [0.15, 0.2) is 36.9 Å². The fraction of sp³-hybridized carbons (Fsp3) is 0. The maximum atomic E-state index is 5.99. The largest absolute Gasteiger partial charge is 0.264 e. The fourth-order valence-corrected chi connectivity index (χ4v) is 1.78. The molecule has 0 aliphatic carbocycles. The zero-order valence-corrected chi connectivity index (χ0v) is 8.63. The molecule has 2 nitrogen and oxygen atoms in total. The number of pyridine rings is 2. The van der Waals surface area contributed by atoms with E-state index < -0.39 is 0 Å². The van der Waals surface area contributed by atoms with Gasteiger partial charge < -0.3 is 0 Å². The predicted octanol–water partition coefficient (Wildman–Crippen LogP) is 3.45. The predicted molar refractivity (Wildman–Crippen MR) is 57.5 cm³/mol. The summed E-state index contributed by atoms with van der Waals surface area (Å²) in [4.78, 5) is 7.89. The molecule has 0 N–H and O–H groups in total. The minimum atomic E-state index is 0.533. The second-order valence-electron chi connectivity index (χ2n) is 2.72. The van der Waals surface area contributed by atoms with Gasteiger partial charge in [-0.05, 0) is 6.07 Å². The maximum Gasteiger partial charge on any atom is 0.0683 e. The molecule has 0 fully saturated rings. The molecule has 4 heteroatoms. The molecule has 0 saturated heterocycles. The van der Waals surface area contributed by atoms with Gasteiger partial charge in [0.25, 0.3) is 0 Å². The van der Waals surface area contributed by atoms with E-state index >= 15 is 0 Å². The van der Waals surface area contributed by atoms with E-state index in [4.69, 9.17) is 23.2 Å². The lowest BCUT2D eigenvalue weighted by atomic mass is 10.1. The molecule has 2 heterocycles. The Morgan fingerprint density at radius 3 is 2.21 bits per heavy atom. The van der Waals surface area contributed by atoms with E-state index in [2.05, 4.69) is 9.97 Å². The van der Waals surface area contributed by atoms with E-state index in [-0.39, 0.29) is 0 Å². The van der Waals surface area contributed by atoms with Crippen molar-refractivity contribution in [1.29, 1.82) is 0 Å². The highest BCUT2D eigenvalue weighted by Gasteiger charge is 2.07. The van der Waals surface area contributed by atoms with Crippen LogP contribution in [0.2, 0.25) is 10.0 Å². The Kier molecular flexibility index (Phi) is 2.66. The van der Waals surface area contributed by atoms with Crippen molar-refractivity contribution >= 4 is 23.2 Å². The van der Waals surface area contributed by atoms with Crippen molar-refractivity contribution in [3.63, 3.8) is 0 Å². The van der Waals surface area contributed by atoms with Crippen molar-refractivity contribution in [1.82, 2.24) is 9.97 Å². The maximum absolute atomic E-state index is 5.99. The molecular formula is C10H6Cl2N2. The Morgan fingerprint density at radius 2 is 1.64 bits per heavy atom. The molecule has 2 aromatic heterocycles. The Labute approximate surface area is 91.5 Å². The van der Waals surface area contributed by atoms with Crippen LogP contribution in [0.25, 0.3) is 11.1 Å². The van der Waals surface area contributed by atoms with Crippen molar-refractivity contribution in [2.24, 2.45) is 0 Å². The van der Waals surface area contributed by atoms with Crippen LogP contribution in [-0.2, 0) is 0 Å². The fourth-order valence-electron chi connectivity index (χ4n) is 1.20. The quantitative estimate of drug-likeness (QED) is 0.742. The van der Waals surface area contributed by atoms with Gasteiger partial charge >= 0.3 is 0 Å². The molecule has 0 unspecified atom stereocenters. The van der Waals surface area contributed by atoms with Crippen molar-refractivity contribution < 1.29 is 0 Å². The van der Waals surface area contributed by atoms with E-state index in [0.29, 0.717) is 10.0 Å². The number of hydrogen-bond donors (Lipinski definition) is 0. The van der Waals surface area contributed by atoms with Crippen molar-refractivity contribution in [2.75, 3.05) is 0 Å². The van der Waals surface area contributed by atoms with Crippen molar-refractivity contribution in [3.8, 4) is 11.1 Å². The third-order valence-corrected chi connectivity index (χ3v) is 2.38. The molecule has 0 aliphatic heterocycles. The Morgan fingerprint density at radius 1 is 0.929 bits per heavy atom. The summed E-state index contributed by atoms with van der Waals surface area (Å²) < 4.78 is 0. The standard InChI is InChI=1S/C10H6Cl2N2/c11-8-5-14-6-9(12)10(8)7-2-1-3-13-4-7/h1-6H. The van der Waals surface area contributed by atoms with Gasteiger partial charge in [-0.15, -0.1) is 0 Å². The van der Waals surface area contributed by atoms with Gasteiger partial charge in [-0.25, -0.2) is 0 Å². The second-order valence-corrected chi connectivity index (χ2v) is 3.53. The summed E-state index contributed by atoms with van der Waals surface area (Å²) >= 11 is 12.0. The Hall–Kier alpha value is -1.12. The lowest BCUT2D eigenvalue weighted by Gasteiger charge is -2.04. The first-order chi connectivity index (χ1) is 6.79. The third kappa shape index (κ3) is 1.72. The Balaban J connectivity index is 2.63. The topological polar surface area (TPSA) is 25.8 Å². The van der Waals surface area contributed by atoms with Gasteiger partial charge in [-0.3, -0.25) is 9.97 Å². The smallest absolute Gasteiger partial charge is 0.0683 e. The molecule has 0 radical (unpaired) electrons. The summed E-state index contributed by atoms with van der Waals surface area (Å²) in [5.41, 5.74) is 1.67. The van der Waals surface area contributed by atoms with Crippen molar-refractivity contribution in [2.45, 2.75) is 0 Å². The van der Waals surface area contributed by atoms with Gasteiger partial charge in [0, 0.05) is 35.9 Å². The third-order valence-electron chi connectivity index (χ3n) is 1.80. The van der Waals surface area contributed by atoms with Crippen LogP contribution in [0.5, 0.6) is 0 Å². The van der Waals surface area contributed by atoms with Gasteiger partial charge in [0.1, 0.15) is 0 Å². The monoisotopic (exact) mass is 224 g/mol. The van der Waals surface area contributed by atoms with Crippen LogP contribution >= 0.6 is 23.2 Å². The summed E-state index contributed by atoms with van der Waals surface area (Å²) in [5.74, 6) is 0. The van der Waals surface area contributed by atoms with Gasteiger partial charge in [0.05, 0.1) is 10.0 Å². The molecule has 0 amide bonds. The number of halogens is 2. The molecule has 0 saturated carbocycles. The number of nitrogens with zero attached hydrogens (tertiary/aromatic N) is 2. The summed E-state index contributed by atoms with van der Waals surface area (Å²) in [7, 11) is 0. The first-order valence-electron chi connectivity index (χ1n) is 3.98. The van der Waals surface area contributed by atoms with E-state index in [9.17, 15) is 0 Å². The van der Waals surface area contributed by atoms with Crippen LogP contribution in [-0.4, -0.2) is 9.97 Å². The molecule has 0 aliphatic rings.